The Morgan fingerprint density at radius 3 is 1.94 bits per heavy atom. The van der Waals surface area contributed by atoms with E-state index >= 15 is 0 Å². The zero-order valence-electron chi connectivity index (χ0n) is 12.7. The fraction of sp³-hybridized carbons (Fsp3) is 0.933. The first-order chi connectivity index (χ1) is 7.68. The summed E-state index contributed by atoms with van der Waals surface area (Å²) >= 11 is 0. The molecule has 1 atom stereocenters. The molecule has 0 aliphatic heterocycles. The van der Waals surface area contributed by atoms with E-state index in [-0.39, 0.29) is 17.0 Å². The van der Waals surface area contributed by atoms with Gasteiger partial charge in [-0.2, -0.15) is 0 Å². The Labute approximate surface area is 107 Å². The van der Waals surface area contributed by atoms with E-state index in [1.807, 2.05) is 20.8 Å². The largest absolute Gasteiger partial charge is 0.460 e. The molecule has 0 aliphatic carbocycles. The molecular weight excluding hydrogens is 212 g/mol. The van der Waals surface area contributed by atoms with Crippen LogP contribution in [0.3, 0.4) is 0 Å². The molecule has 2 heteroatoms. The molecule has 0 radical (unpaired) electrons. The number of carbonyl (C=O) groups excluding carboxylic acids is 1. The van der Waals surface area contributed by atoms with Crippen LogP contribution in [0.2, 0.25) is 0 Å². The van der Waals surface area contributed by atoms with Crippen molar-refractivity contribution in [3.63, 3.8) is 0 Å². The van der Waals surface area contributed by atoms with Gasteiger partial charge in [0.2, 0.25) is 0 Å². The summed E-state index contributed by atoms with van der Waals surface area (Å²) < 4.78 is 5.52. The topological polar surface area (TPSA) is 26.3 Å². The number of carbonyl (C=O) groups is 1. The Morgan fingerprint density at radius 1 is 1.06 bits per heavy atom. The Morgan fingerprint density at radius 2 is 1.59 bits per heavy atom. The highest BCUT2D eigenvalue weighted by Crippen LogP contribution is 2.35. The van der Waals surface area contributed by atoms with Gasteiger partial charge in [0.15, 0.2) is 0 Å². The first-order valence-electron chi connectivity index (χ1n) is 6.90. The molecule has 0 aromatic heterocycles. The lowest BCUT2D eigenvalue weighted by Crippen LogP contribution is -2.31. The molecule has 0 spiro atoms. The summed E-state index contributed by atoms with van der Waals surface area (Å²) in [6.07, 6.45) is 3.52. The van der Waals surface area contributed by atoms with Gasteiger partial charge in [-0.3, -0.25) is 4.79 Å². The van der Waals surface area contributed by atoms with Gasteiger partial charge >= 0.3 is 5.97 Å². The Kier molecular flexibility index (Phi) is 6.22. The second-order valence-corrected chi connectivity index (χ2v) is 6.24. The fourth-order valence-corrected chi connectivity index (χ4v) is 1.89. The molecule has 0 aromatic carbocycles. The van der Waals surface area contributed by atoms with Crippen molar-refractivity contribution < 1.29 is 9.53 Å². The highest BCUT2D eigenvalue weighted by molar-refractivity contribution is 5.70. The van der Waals surface area contributed by atoms with Crippen molar-refractivity contribution in [3.8, 4) is 0 Å². The Hall–Kier alpha value is -0.530. The normalized spacial score (nSPS) is 14.5. The lowest BCUT2D eigenvalue weighted by molar-refractivity contribution is -0.159. The maximum atomic E-state index is 11.9. The predicted octanol–water partition coefficient (Wildman–Crippen LogP) is 4.57. The third-order valence-electron chi connectivity index (χ3n) is 4.16. The number of ether oxygens (including phenoxy) is 1. The van der Waals surface area contributed by atoms with Crippen molar-refractivity contribution in [2.45, 2.75) is 79.8 Å². The van der Waals surface area contributed by atoms with Crippen LogP contribution >= 0.6 is 0 Å². The van der Waals surface area contributed by atoms with Crippen LogP contribution in [0.15, 0.2) is 0 Å². The highest BCUT2D eigenvalue weighted by Gasteiger charge is 2.30. The van der Waals surface area contributed by atoms with Crippen LogP contribution in [0.25, 0.3) is 0 Å². The van der Waals surface area contributed by atoms with E-state index in [1.165, 1.54) is 0 Å². The van der Waals surface area contributed by atoms with Crippen LogP contribution in [0.4, 0.5) is 0 Å². The number of esters is 1. The molecule has 2 nitrogen and oxygen atoms in total. The van der Waals surface area contributed by atoms with Crippen molar-refractivity contribution in [1.82, 2.24) is 0 Å². The standard InChI is InChI=1S/C15H30O2/c1-8-12(14(4,5)9-2)11-13(16)17-15(6,7)10-3/h12H,8-11H2,1-7H3. The average molecular weight is 242 g/mol. The second kappa shape index (κ2) is 6.42. The van der Waals surface area contributed by atoms with Crippen molar-refractivity contribution in [2.24, 2.45) is 11.3 Å². The lowest BCUT2D eigenvalue weighted by Gasteiger charge is -2.33. The van der Waals surface area contributed by atoms with E-state index in [0.29, 0.717) is 12.3 Å². The number of rotatable bonds is 7. The minimum Gasteiger partial charge on any atom is -0.460 e. The first-order valence-corrected chi connectivity index (χ1v) is 6.90. The summed E-state index contributed by atoms with van der Waals surface area (Å²) in [6.45, 7) is 14.8. The van der Waals surface area contributed by atoms with Crippen LogP contribution in [-0.4, -0.2) is 11.6 Å². The average Bonchev–Trinajstić information content (AvgIpc) is 2.25. The highest BCUT2D eigenvalue weighted by atomic mass is 16.6. The Bertz CT molecular complexity index is 241. The van der Waals surface area contributed by atoms with Gasteiger partial charge in [0, 0.05) is 6.42 Å². The minimum atomic E-state index is -0.328. The van der Waals surface area contributed by atoms with Gasteiger partial charge in [0.05, 0.1) is 0 Å². The summed E-state index contributed by atoms with van der Waals surface area (Å²) in [5.41, 5.74) is -0.115. The maximum absolute atomic E-state index is 11.9. The summed E-state index contributed by atoms with van der Waals surface area (Å²) in [5, 5.41) is 0. The molecule has 0 rings (SSSR count). The van der Waals surface area contributed by atoms with Gasteiger partial charge in [0.1, 0.15) is 5.60 Å². The SMILES string of the molecule is CCC(CC(=O)OC(C)(C)CC)C(C)(C)CC. The molecule has 0 saturated heterocycles. The van der Waals surface area contributed by atoms with Crippen LogP contribution in [-0.2, 0) is 9.53 Å². The van der Waals surface area contributed by atoms with Gasteiger partial charge in [0.25, 0.3) is 0 Å². The first kappa shape index (κ1) is 16.5. The van der Waals surface area contributed by atoms with E-state index in [0.717, 1.165) is 19.3 Å². The van der Waals surface area contributed by atoms with Gasteiger partial charge < -0.3 is 4.74 Å². The molecule has 0 fully saturated rings. The second-order valence-electron chi connectivity index (χ2n) is 6.24. The molecule has 0 heterocycles. The van der Waals surface area contributed by atoms with E-state index in [1.54, 1.807) is 0 Å². The summed E-state index contributed by atoms with van der Waals surface area (Å²) in [4.78, 5) is 11.9. The lowest BCUT2D eigenvalue weighted by atomic mass is 9.74. The number of hydrogen-bond acceptors (Lipinski definition) is 2. The fourth-order valence-electron chi connectivity index (χ4n) is 1.89. The third-order valence-corrected chi connectivity index (χ3v) is 4.16. The number of hydrogen-bond donors (Lipinski definition) is 0. The summed E-state index contributed by atoms with van der Waals surface area (Å²) in [5.74, 6) is 0.359. The van der Waals surface area contributed by atoms with Crippen LogP contribution in [0.5, 0.6) is 0 Å². The minimum absolute atomic E-state index is 0.0507. The van der Waals surface area contributed by atoms with Gasteiger partial charge in [-0.15, -0.1) is 0 Å². The summed E-state index contributed by atoms with van der Waals surface area (Å²) in [6, 6.07) is 0. The van der Waals surface area contributed by atoms with E-state index in [9.17, 15) is 4.79 Å². The van der Waals surface area contributed by atoms with Gasteiger partial charge in [-0.05, 0) is 31.6 Å². The molecule has 0 aromatic rings. The molecule has 102 valence electrons. The van der Waals surface area contributed by atoms with Crippen LogP contribution < -0.4 is 0 Å². The van der Waals surface area contributed by atoms with Crippen molar-refractivity contribution >= 4 is 5.97 Å². The predicted molar refractivity (Wildman–Crippen MR) is 72.9 cm³/mol. The molecule has 1 unspecified atom stereocenters. The molecule has 17 heavy (non-hydrogen) atoms. The van der Waals surface area contributed by atoms with Crippen molar-refractivity contribution in [2.75, 3.05) is 0 Å². The smallest absolute Gasteiger partial charge is 0.306 e. The molecule has 0 amide bonds. The molecule has 0 N–H and O–H groups in total. The van der Waals surface area contributed by atoms with E-state index in [4.69, 9.17) is 4.74 Å². The molecule has 0 aliphatic rings. The Balaban J connectivity index is 4.45. The molecule has 0 saturated carbocycles. The molecular formula is C15H30O2. The van der Waals surface area contributed by atoms with Gasteiger partial charge in [-0.25, -0.2) is 0 Å². The zero-order chi connectivity index (χ0) is 13.7. The van der Waals surface area contributed by atoms with Crippen molar-refractivity contribution in [1.29, 1.82) is 0 Å². The van der Waals surface area contributed by atoms with Crippen molar-refractivity contribution in [3.05, 3.63) is 0 Å². The van der Waals surface area contributed by atoms with E-state index < -0.39 is 0 Å². The zero-order valence-corrected chi connectivity index (χ0v) is 12.7. The summed E-state index contributed by atoms with van der Waals surface area (Å²) in [7, 11) is 0. The third kappa shape index (κ3) is 5.56. The maximum Gasteiger partial charge on any atom is 0.306 e. The quantitative estimate of drug-likeness (QED) is 0.611. The van der Waals surface area contributed by atoms with Crippen LogP contribution in [0, 0.1) is 11.3 Å². The van der Waals surface area contributed by atoms with Crippen LogP contribution in [0.1, 0.15) is 74.1 Å². The van der Waals surface area contributed by atoms with E-state index in [2.05, 4.69) is 27.7 Å². The monoisotopic (exact) mass is 242 g/mol. The van der Waals surface area contributed by atoms with Gasteiger partial charge in [-0.1, -0.05) is 47.5 Å². The molecule has 0 bridgehead atoms.